The normalized spacial score (nSPS) is 19.5. The van der Waals surface area contributed by atoms with E-state index in [0.29, 0.717) is 0 Å². The molecule has 3 nitrogen and oxygen atoms in total. The Bertz CT molecular complexity index is 497. The molecule has 0 bridgehead atoms. The third kappa shape index (κ3) is 1.15. The van der Waals surface area contributed by atoms with Crippen LogP contribution in [-0.4, -0.2) is 11.6 Å². The van der Waals surface area contributed by atoms with Crippen LogP contribution in [0.2, 0.25) is 0 Å². The Morgan fingerprint density at radius 1 is 1.40 bits per heavy atom. The van der Waals surface area contributed by atoms with Crippen LogP contribution in [-0.2, 0) is 12.8 Å². The van der Waals surface area contributed by atoms with Crippen molar-refractivity contribution in [3.05, 3.63) is 29.0 Å². The molecule has 15 heavy (non-hydrogen) atoms. The van der Waals surface area contributed by atoms with E-state index >= 15 is 0 Å². The van der Waals surface area contributed by atoms with E-state index in [0.717, 1.165) is 37.3 Å². The first kappa shape index (κ1) is 8.49. The lowest BCUT2D eigenvalue weighted by Gasteiger charge is -2.05. The lowest BCUT2D eigenvalue weighted by Crippen LogP contribution is -1.91. The Balaban J connectivity index is 2.23. The molecule has 3 heteroatoms. The van der Waals surface area contributed by atoms with Gasteiger partial charge in [0.05, 0.1) is 12.7 Å². The molecule has 0 N–H and O–H groups in total. The van der Waals surface area contributed by atoms with Crippen LogP contribution >= 0.6 is 0 Å². The van der Waals surface area contributed by atoms with E-state index in [2.05, 4.69) is 11.1 Å². The van der Waals surface area contributed by atoms with Crippen LogP contribution in [0, 0.1) is 11.3 Å². The van der Waals surface area contributed by atoms with Crippen LogP contribution in [0.15, 0.2) is 12.3 Å². The monoisotopic (exact) mass is 198 g/mol. The van der Waals surface area contributed by atoms with E-state index in [1.54, 1.807) is 6.08 Å². The molecule has 1 aliphatic carbocycles. The summed E-state index contributed by atoms with van der Waals surface area (Å²) in [5.41, 5.74) is 4.85. The van der Waals surface area contributed by atoms with Crippen LogP contribution in [0.3, 0.4) is 0 Å². The number of hydrogen-bond donors (Lipinski definition) is 0. The van der Waals surface area contributed by atoms with Crippen LogP contribution in [0.4, 0.5) is 0 Å². The van der Waals surface area contributed by atoms with Crippen molar-refractivity contribution in [2.45, 2.75) is 19.3 Å². The lowest BCUT2D eigenvalue weighted by molar-refractivity contribution is 0.344. The molecule has 74 valence electrons. The van der Waals surface area contributed by atoms with Gasteiger partial charge in [0, 0.05) is 24.3 Å². The third-order valence-corrected chi connectivity index (χ3v) is 3.03. The largest absolute Gasteiger partial charge is 0.477 e. The van der Waals surface area contributed by atoms with Crippen molar-refractivity contribution in [3.63, 3.8) is 0 Å². The maximum Gasteiger partial charge on any atom is 0.217 e. The molecule has 2 heterocycles. The molecule has 1 aliphatic heterocycles. The van der Waals surface area contributed by atoms with Gasteiger partial charge in [0.15, 0.2) is 0 Å². The summed E-state index contributed by atoms with van der Waals surface area (Å²) in [7, 11) is 0. The number of rotatable bonds is 0. The summed E-state index contributed by atoms with van der Waals surface area (Å²) in [6.45, 7) is 0.721. The van der Waals surface area contributed by atoms with E-state index in [1.165, 1.54) is 16.7 Å². The topological polar surface area (TPSA) is 45.9 Å². The van der Waals surface area contributed by atoms with Crippen molar-refractivity contribution in [3.8, 4) is 11.9 Å². The molecule has 0 unspecified atom stereocenters. The van der Waals surface area contributed by atoms with Gasteiger partial charge in [0.25, 0.3) is 0 Å². The van der Waals surface area contributed by atoms with Gasteiger partial charge in [-0.2, -0.15) is 5.26 Å². The molecular formula is C12H10N2O. The molecule has 1 aromatic rings. The van der Waals surface area contributed by atoms with Gasteiger partial charge in [-0.3, -0.25) is 0 Å². The number of pyridine rings is 1. The molecule has 1 aromatic heterocycles. The van der Waals surface area contributed by atoms with Gasteiger partial charge in [0.2, 0.25) is 5.88 Å². The summed E-state index contributed by atoms with van der Waals surface area (Å²) < 4.78 is 5.43. The van der Waals surface area contributed by atoms with E-state index in [9.17, 15) is 0 Å². The van der Waals surface area contributed by atoms with Crippen molar-refractivity contribution in [2.75, 3.05) is 6.61 Å². The predicted octanol–water partition coefficient (Wildman–Crippen LogP) is 1.87. The summed E-state index contributed by atoms with van der Waals surface area (Å²) in [5.74, 6) is 0.763. The first-order valence-corrected chi connectivity index (χ1v) is 5.12. The Morgan fingerprint density at radius 2 is 2.33 bits per heavy atom. The summed E-state index contributed by atoms with van der Waals surface area (Å²) in [5, 5.41) is 8.73. The number of aromatic nitrogens is 1. The van der Waals surface area contributed by atoms with Gasteiger partial charge in [-0.05, 0) is 29.5 Å². The number of nitrogens with zero attached hydrogens (tertiary/aromatic N) is 2. The SMILES string of the molecule is N#C/C=C1\CCc2cnc3c(c21)CCO3. The number of aryl methyl sites for hydroxylation is 1. The molecule has 0 radical (unpaired) electrons. The van der Waals surface area contributed by atoms with Gasteiger partial charge in [-0.1, -0.05) is 0 Å². The highest BCUT2D eigenvalue weighted by Gasteiger charge is 2.26. The first-order chi connectivity index (χ1) is 7.40. The zero-order chi connectivity index (χ0) is 10.3. The fourth-order valence-corrected chi connectivity index (χ4v) is 2.39. The molecule has 2 aliphatic rings. The summed E-state index contributed by atoms with van der Waals surface area (Å²) >= 11 is 0. The molecule has 0 saturated heterocycles. The Labute approximate surface area is 88.0 Å². The number of hydrogen-bond acceptors (Lipinski definition) is 3. The quantitative estimate of drug-likeness (QED) is 0.598. The van der Waals surface area contributed by atoms with E-state index in [1.807, 2.05) is 6.20 Å². The molecule has 0 atom stereocenters. The number of fused-ring (bicyclic) bond motifs is 3. The number of nitriles is 1. The molecule has 0 spiro atoms. The summed E-state index contributed by atoms with van der Waals surface area (Å²) in [4.78, 5) is 4.29. The first-order valence-electron chi connectivity index (χ1n) is 5.12. The molecule has 0 fully saturated rings. The second-order valence-electron chi connectivity index (χ2n) is 3.84. The molecule has 0 amide bonds. The number of ether oxygens (including phenoxy) is 1. The Kier molecular flexibility index (Phi) is 1.75. The van der Waals surface area contributed by atoms with Crippen molar-refractivity contribution in [1.82, 2.24) is 4.98 Å². The minimum Gasteiger partial charge on any atom is -0.477 e. The van der Waals surface area contributed by atoms with Gasteiger partial charge < -0.3 is 4.74 Å². The van der Waals surface area contributed by atoms with Crippen LogP contribution in [0.5, 0.6) is 5.88 Å². The maximum atomic E-state index is 8.73. The highest BCUT2D eigenvalue weighted by molar-refractivity contribution is 5.77. The van der Waals surface area contributed by atoms with Crippen molar-refractivity contribution in [2.24, 2.45) is 0 Å². The highest BCUT2D eigenvalue weighted by atomic mass is 16.5. The smallest absolute Gasteiger partial charge is 0.217 e. The Morgan fingerprint density at radius 3 is 3.20 bits per heavy atom. The highest BCUT2D eigenvalue weighted by Crippen LogP contribution is 2.39. The standard InChI is InChI=1S/C12H10N2O/c13-5-3-8-1-2-9-7-14-12-10(11(8)9)4-6-15-12/h3,7H,1-2,4,6H2/b8-3+. The number of allylic oxidation sites excluding steroid dienone is 2. The maximum absolute atomic E-state index is 8.73. The van der Waals surface area contributed by atoms with E-state index in [4.69, 9.17) is 10.00 Å². The average molecular weight is 198 g/mol. The second-order valence-corrected chi connectivity index (χ2v) is 3.84. The van der Waals surface area contributed by atoms with Crippen LogP contribution < -0.4 is 4.74 Å². The van der Waals surface area contributed by atoms with Gasteiger partial charge in [-0.15, -0.1) is 0 Å². The van der Waals surface area contributed by atoms with Crippen LogP contribution in [0.1, 0.15) is 23.1 Å². The average Bonchev–Trinajstić information content (AvgIpc) is 2.83. The molecular weight excluding hydrogens is 188 g/mol. The van der Waals surface area contributed by atoms with E-state index < -0.39 is 0 Å². The van der Waals surface area contributed by atoms with Gasteiger partial charge in [-0.25, -0.2) is 4.98 Å². The molecule has 0 aromatic carbocycles. The second kappa shape index (κ2) is 3.09. The van der Waals surface area contributed by atoms with E-state index in [-0.39, 0.29) is 0 Å². The fraction of sp³-hybridized carbons (Fsp3) is 0.333. The van der Waals surface area contributed by atoms with Gasteiger partial charge in [0.1, 0.15) is 0 Å². The minimum atomic E-state index is 0.721. The van der Waals surface area contributed by atoms with Gasteiger partial charge >= 0.3 is 0 Å². The summed E-state index contributed by atoms with van der Waals surface area (Å²) in [6.07, 6.45) is 6.43. The van der Waals surface area contributed by atoms with Crippen molar-refractivity contribution < 1.29 is 4.74 Å². The zero-order valence-corrected chi connectivity index (χ0v) is 8.29. The minimum absolute atomic E-state index is 0.721. The summed E-state index contributed by atoms with van der Waals surface area (Å²) in [6, 6.07) is 2.12. The zero-order valence-electron chi connectivity index (χ0n) is 8.29. The third-order valence-electron chi connectivity index (χ3n) is 3.03. The fourth-order valence-electron chi connectivity index (χ4n) is 2.39. The van der Waals surface area contributed by atoms with Crippen molar-refractivity contribution >= 4 is 5.57 Å². The lowest BCUT2D eigenvalue weighted by atomic mass is 10.0. The molecule has 0 saturated carbocycles. The van der Waals surface area contributed by atoms with Crippen molar-refractivity contribution in [1.29, 1.82) is 5.26 Å². The predicted molar refractivity (Wildman–Crippen MR) is 55.3 cm³/mol. The molecule has 3 rings (SSSR count). The Hall–Kier alpha value is -1.82. The van der Waals surface area contributed by atoms with Crippen LogP contribution in [0.25, 0.3) is 5.57 Å².